The van der Waals surface area contributed by atoms with Gasteiger partial charge in [-0.2, -0.15) is 0 Å². The molecule has 2 rings (SSSR count). The van der Waals surface area contributed by atoms with Crippen molar-refractivity contribution >= 4 is 33.8 Å². The van der Waals surface area contributed by atoms with Crippen LogP contribution in [0.1, 0.15) is 40.8 Å². The second kappa shape index (κ2) is 5.93. The van der Waals surface area contributed by atoms with E-state index in [1.807, 2.05) is 6.92 Å². The minimum absolute atomic E-state index is 0.195. The Bertz CT molecular complexity index is 560. The number of hydrogen-bond acceptors (Lipinski definition) is 5. The Morgan fingerprint density at radius 2 is 1.90 bits per heavy atom. The Labute approximate surface area is 128 Å². The first-order valence-corrected chi connectivity index (χ1v) is 7.93. The lowest BCUT2D eigenvalue weighted by molar-refractivity contribution is 0.0960. The fourth-order valence-corrected chi connectivity index (χ4v) is 3.76. The van der Waals surface area contributed by atoms with Crippen LogP contribution in [0.4, 0.5) is 10.7 Å². The molecule has 1 aliphatic heterocycles. The van der Waals surface area contributed by atoms with E-state index in [9.17, 15) is 9.59 Å². The lowest BCUT2D eigenvalue weighted by Gasteiger charge is -2.17. The molecule has 0 saturated carbocycles. The van der Waals surface area contributed by atoms with Gasteiger partial charge in [-0.15, -0.1) is 11.3 Å². The summed E-state index contributed by atoms with van der Waals surface area (Å²) in [6.45, 7) is 8.38. The van der Waals surface area contributed by atoms with E-state index in [0.717, 1.165) is 18.1 Å². The zero-order valence-electron chi connectivity index (χ0n) is 12.6. The SMILES string of the molecule is CCNC(=O)c1sc(N2CC(C)C(C)C2)c(C(N)=O)c1N. The fourth-order valence-electron chi connectivity index (χ4n) is 2.60. The summed E-state index contributed by atoms with van der Waals surface area (Å²) in [7, 11) is 0. The van der Waals surface area contributed by atoms with Gasteiger partial charge in [0.1, 0.15) is 9.88 Å². The minimum Gasteiger partial charge on any atom is -0.397 e. The van der Waals surface area contributed by atoms with Crippen molar-refractivity contribution < 1.29 is 9.59 Å². The van der Waals surface area contributed by atoms with E-state index in [0.29, 0.717) is 23.3 Å². The van der Waals surface area contributed by atoms with Crippen molar-refractivity contribution in [2.45, 2.75) is 20.8 Å². The average molecular weight is 310 g/mol. The van der Waals surface area contributed by atoms with Gasteiger partial charge in [0.05, 0.1) is 11.3 Å². The zero-order valence-corrected chi connectivity index (χ0v) is 13.4. The number of thiophene rings is 1. The molecule has 2 heterocycles. The van der Waals surface area contributed by atoms with Crippen molar-refractivity contribution in [1.82, 2.24) is 5.32 Å². The second-order valence-electron chi connectivity index (χ2n) is 5.61. The normalized spacial score (nSPS) is 21.6. The molecule has 2 atom stereocenters. The monoisotopic (exact) mass is 310 g/mol. The smallest absolute Gasteiger partial charge is 0.263 e. The molecular weight excluding hydrogens is 288 g/mol. The Kier molecular flexibility index (Phi) is 4.41. The molecule has 1 aromatic rings. The van der Waals surface area contributed by atoms with E-state index in [4.69, 9.17) is 11.5 Å². The first kappa shape index (κ1) is 15.6. The Hall–Kier alpha value is -1.76. The molecule has 0 spiro atoms. The largest absolute Gasteiger partial charge is 0.397 e. The van der Waals surface area contributed by atoms with E-state index in [1.54, 1.807) is 0 Å². The molecule has 1 aromatic heterocycles. The second-order valence-corrected chi connectivity index (χ2v) is 6.61. The van der Waals surface area contributed by atoms with Gasteiger partial charge in [-0.1, -0.05) is 13.8 Å². The molecule has 6 nitrogen and oxygen atoms in total. The zero-order chi connectivity index (χ0) is 15.7. The molecule has 0 aliphatic carbocycles. The van der Waals surface area contributed by atoms with Crippen molar-refractivity contribution in [2.24, 2.45) is 17.6 Å². The summed E-state index contributed by atoms with van der Waals surface area (Å²) < 4.78 is 0. The number of carbonyl (C=O) groups is 2. The third-order valence-electron chi connectivity index (χ3n) is 3.99. The van der Waals surface area contributed by atoms with Crippen LogP contribution < -0.4 is 21.7 Å². The summed E-state index contributed by atoms with van der Waals surface area (Å²) in [4.78, 5) is 26.3. The van der Waals surface area contributed by atoms with Crippen molar-refractivity contribution in [2.75, 3.05) is 30.3 Å². The number of carbonyl (C=O) groups excluding carboxylic acids is 2. The van der Waals surface area contributed by atoms with Crippen LogP contribution in [0.5, 0.6) is 0 Å². The molecule has 1 saturated heterocycles. The van der Waals surface area contributed by atoms with E-state index in [-0.39, 0.29) is 17.2 Å². The summed E-state index contributed by atoms with van der Waals surface area (Å²) in [6.07, 6.45) is 0. The van der Waals surface area contributed by atoms with E-state index in [2.05, 4.69) is 24.1 Å². The van der Waals surface area contributed by atoms with Crippen molar-refractivity contribution in [1.29, 1.82) is 0 Å². The van der Waals surface area contributed by atoms with Crippen LogP contribution in [0.2, 0.25) is 0 Å². The first-order valence-electron chi connectivity index (χ1n) is 7.12. The highest BCUT2D eigenvalue weighted by Gasteiger charge is 2.32. The van der Waals surface area contributed by atoms with Gasteiger partial charge in [0.25, 0.3) is 11.8 Å². The van der Waals surface area contributed by atoms with Gasteiger partial charge in [-0.05, 0) is 18.8 Å². The molecule has 1 fully saturated rings. The van der Waals surface area contributed by atoms with Crippen LogP contribution in [-0.4, -0.2) is 31.4 Å². The molecule has 0 radical (unpaired) electrons. The van der Waals surface area contributed by atoms with E-state index in [1.165, 1.54) is 11.3 Å². The predicted octanol–water partition coefficient (Wildman–Crippen LogP) is 1.27. The predicted molar refractivity (Wildman–Crippen MR) is 85.8 cm³/mol. The molecule has 2 unspecified atom stereocenters. The van der Waals surface area contributed by atoms with Gasteiger partial charge < -0.3 is 21.7 Å². The average Bonchev–Trinajstić information content (AvgIpc) is 2.91. The third-order valence-corrected chi connectivity index (χ3v) is 5.26. The van der Waals surface area contributed by atoms with Gasteiger partial charge in [0, 0.05) is 19.6 Å². The standard InChI is InChI=1S/C14H22N4O2S/c1-4-17-13(20)11-10(15)9(12(16)19)14(21-11)18-5-7(2)8(3)6-18/h7-8H,4-6,15H2,1-3H3,(H2,16,19)(H,17,20). The molecule has 5 N–H and O–H groups in total. The van der Waals surface area contributed by atoms with Crippen LogP contribution in [-0.2, 0) is 0 Å². The van der Waals surface area contributed by atoms with Gasteiger partial charge >= 0.3 is 0 Å². The summed E-state index contributed by atoms with van der Waals surface area (Å²) in [6, 6.07) is 0. The molecule has 1 aliphatic rings. The minimum atomic E-state index is -0.582. The summed E-state index contributed by atoms with van der Waals surface area (Å²) in [5.74, 6) is 0.222. The number of nitrogens with zero attached hydrogens (tertiary/aromatic N) is 1. The topological polar surface area (TPSA) is 101 Å². The molecule has 116 valence electrons. The molecule has 0 bridgehead atoms. The number of nitrogens with one attached hydrogen (secondary N) is 1. The number of hydrogen-bond donors (Lipinski definition) is 3. The summed E-state index contributed by atoms with van der Waals surface area (Å²) in [5.41, 5.74) is 11.9. The highest BCUT2D eigenvalue weighted by molar-refractivity contribution is 7.19. The Morgan fingerprint density at radius 3 is 2.38 bits per heavy atom. The number of primary amides is 1. The van der Waals surface area contributed by atoms with Crippen LogP contribution >= 0.6 is 11.3 Å². The van der Waals surface area contributed by atoms with Gasteiger partial charge in [-0.25, -0.2) is 0 Å². The lowest BCUT2D eigenvalue weighted by Crippen LogP contribution is -2.23. The molecule has 21 heavy (non-hydrogen) atoms. The van der Waals surface area contributed by atoms with E-state index >= 15 is 0 Å². The lowest BCUT2D eigenvalue weighted by atomic mass is 10.0. The third kappa shape index (κ3) is 2.83. The number of anilines is 2. The maximum atomic E-state index is 12.0. The van der Waals surface area contributed by atoms with Crippen molar-refractivity contribution in [3.8, 4) is 0 Å². The molecular formula is C14H22N4O2S. The maximum absolute atomic E-state index is 12.0. The van der Waals surface area contributed by atoms with Crippen LogP contribution in [0.25, 0.3) is 0 Å². The molecule has 2 amide bonds. The van der Waals surface area contributed by atoms with Gasteiger partial charge in [0.2, 0.25) is 0 Å². The van der Waals surface area contributed by atoms with Gasteiger partial charge in [0.15, 0.2) is 0 Å². The number of nitrogen functional groups attached to an aromatic ring is 1. The highest BCUT2D eigenvalue weighted by Crippen LogP contribution is 2.41. The quantitative estimate of drug-likeness (QED) is 0.779. The molecule has 0 aromatic carbocycles. The van der Waals surface area contributed by atoms with Crippen molar-refractivity contribution in [3.05, 3.63) is 10.4 Å². The summed E-state index contributed by atoms with van der Waals surface area (Å²) in [5, 5.41) is 3.43. The van der Waals surface area contributed by atoms with Crippen LogP contribution in [0, 0.1) is 11.8 Å². The van der Waals surface area contributed by atoms with Crippen LogP contribution in [0.3, 0.4) is 0 Å². The first-order chi connectivity index (χ1) is 9.86. The Balaban J connectivity index is 2.43. The number of nitrogens with two attached hydrogens (primary N) is 2. The fraction of sp³-hybridized carbons (Fsp3) is 0.571. The molecule has 7 heteroatoms. The van der Waals surface area contributed by atoms with Crippen molar-refractivity contribution in [3.63, 3.8) is 0 Å². The van der Waals surface area contributed by atoms with E-state index < -0.39 is 5.91 Å². The maximum Gasteiger partial charge on any atom is 0.263 e. The Morgan fingerprint density at radius 1 is 1.33 bits per heavy atom. The number of rotatable bonds is 4. The van der Waals surface area contributed by atoms with Gasteiger partial charge in [-0.3, -0.25) is 9.59 Å². The summed E-state index contributed by atoms with van der Waals surface area (Å²) >= 11 is 1.25. The van der Waals surface area contributed by atoms with Crippen LogP contribution in [0.15, 0.2) is 0 Å². The number of amides is 2. The highest BCUT2D eigenvalue weighted by atomic mass is 32.1.